The molecule has 0 N–H and O–H groups in total. The van der Waals surface area contributed by atoms with Crippen LogP contribution in [0.25, 0.3) is 0 Å². The first-order chi connectivity index (χ1) is 5.15. The summed E-state index contributed by atoms with van der Waals surface area (Å²) in [6.07, 6.45) is 0. The average Bonchev–Trinajstić information content (AvgIpc) is 1.97. The van der Waals surface area contributed by atoms with Crippen LogP contribution in [0.15, 0.2) is 6.07 Å². The maximum absolute atomic E-state index is 12.6. The molecule has 0 fully saturated rings. The molecular weight excluding hydrogens is 167 g/mol. The van der Waals surface area contributed by atoms with Crippen LogP contribution in [0.2, 0.25) is 5.15 Å². The summed E-state index contributed by atoms with van der Waals surface area (Å²) in [4.78, 5) is 3.49. The molecule has 0 aliphatic heterocycles. The molecule has 0 saturated carbocycles. The molecule has 1 aromatic heterocycles. The maximum Gasteiger partial charge on any atom is 0.170 e. The summed E-state index contributed by atoms with van der Waals surface area (Å²) in [5, 5.41) is 0.0615. The van der Waals surface area contributed by atoms with E-state index in [2.05, 4.69) is 4.98 Å². The van der Waals surface area contributed by atoms with Crippen LogP contribution in [0.1, 0.15) is 0 Å². The van der Waals surface area contributed by atoms with Crippen molar-refractivity contribution in [2.45, 2.75) is 0 Å². The molecule has 0 spiro atoms. The standard InChI is InChI=1S/C6H4BClFNO/c1-11-4-2-3(9)5(7)10-6(4)8/h2H,1H3. The van der Waals surface area contributed by atoms with Gasteiger partial charge in [-0.15, -0.1) is 0 Å². The largest absolute Gasteiger partial charge is 0.493 e. The highest BCUT2D eigenvalue weighted by molar-refractivity contribution is 6.34. The van der Waals surface area contributed by atoms with Crippen molar-refractivity contribution in [2.75, 3.05) is 7.11 Å². The van der Waals surface area contributed by atoms with Crippen molar-refractivity contribution < 1.29 is 9.13 Å². The van der Waals surface area contributed by atoms with Crippen molar-refractivity contribution in [3.63, 3.8) is 0 Å². The number of halogens is 2. The summed E-state index contributed by atoms with van der Waals surface area (Å²) in [5.74, 6) is -0.454. The maximum atomic E-state index is 12.6. The molecule has 1 aromatic rings. The second kappa shape index (κ2) is 3.09. The number of hydrogen-bond donors (Lipinski definition) is 0. The summed E-state index contributed by atoms with van der Waals surface area (Å²) >= 11 is 5.52. The quantitative estimate of drug-likeness (QED) is 0.458. The Hall–Kier alpha value is -0.765. The first-order valence-corrected chi connectivity index (χ1v) is 3.18. The summed E-state index contributed by atoms with van der Waals surface area (Å²) in [7, 11) is 6.49. The third-order valence-electron chi connectivity index (χ3n) is 1.14. The lowest BCUT2D eigenvalue weighted by Crippen LogP contribution is -2.13. The number of rotatable bonds is 1. The van der Waals surface area contributed by atoms with E-state index in [0.717, 1.165) is 6.07 Å². The number of methoxy groups -OCH3 is 1. The van der Waals surface area contributed by atoms with Crippen LogP contribution in [0.4, 0.5) is 4.39 Å². The minimum absolute atomic E-state index is 0.0615. The van der Waals surface area contributed by atoms with Gasteiger partial charge < -0.3 is 4.74 Å². The number of ether oxygens (including phenoxy) is 1. The molecule has 0 aliphatic rings. The average molecular weight is 171 g/mol. The molecule has 0 saturated heterocycles. The fraction of sp³-hybridized carbons (Fsp3) is 0.167. The van der Waals surface area contributed by atoms with E-state index >= 15 is 0 Å². The Morgan fingerprint density at radius 2 is 2.36 bits per heavy atom. The molecule has 0 aromatic carbocycles. The van der Waals surface area contributed by atoms with Gasteiger partial charge in [0.2, 0.25) is 0 Å². The van der Waals surface area contributed by atoms with Crippen LogP contribution in [-0.2, 0) is 0 Å². The lowest BCUT2D eigenvalue weighted by Gasteiger charge is -2.03. The highest BCUT2D eigenvalue weighted by Gasteiger charge is 2.05. The van der Waals surface area contributed by atoms with Crippen LogP contribution in [0.5, 0.6) is 5.75 Å². The molecule has 1 heterocycles. The van der Waals surface area contributed by atoms with Crippen LogP contribution >= 0.6 is 11.6 Å². The smallest absolute Gasteiger partial charge is 0.170 e. The molecule has 2 radical (unpaired) electrons. The van der Waals surface area contributed by atoms with Gasteiger partial charge >= 0.3 is 0 Å². The van der Waals surface area contributed by atoms with Gasteiger partial charge in [-0.25, -0.2) is 9.37 Å². The van der Waals surface area contributed by atoms with Gasteiger partial charge in [-0.1, -0.05) is 11.6 Å². The molecule has 11 heavy (non-hydrogen) atoms. The number of hydrogen-bond acceptors (Lipinski definition) is 2. The van der Waals surface area contributed by atoms with E-state index in [4.69, 9.17) is 24.2 Å². The van der Waals surface area contributed by atoms with Crippen molar-refractivity contribution in [1.29, 1.82) is 0 Å². The van der Waals surface area contributed by atoms with E-state index in [0.29, 0.717) is 0 Å². The molecular formula is C6H4BClFNO. The monoisotopic (exact) mass is 171 g/mol. The Morgan fingerprint density at radius 1 is 1.73 bits per heavy atom. The number of pyridine rings is 1. The summed E-state index contributed by atoms with van der Waals surface area (Å²) in [5.41, 5.74) is -0.226. The van der Waals surface area contributed by atoms with E-state index in [1.54, 1.807) is 0 Å². The van der Waals surface area contributed by atoms with Crippen molar-refractivity contribution in [1.82, 2.24) is 4.98 Å². The number of aromatic nitrogens is 1. The van der Waals surface area contributed by atoms with Gasteiger partial charge in [0, 0.05) is 11.7 Å². The second-order valence-electron chi connectivity index (χ2n) is 1.85. The summed E-state index contributed by atoms with van der Waals surface area (Å²) in [6, 6.07) is 1.09. The molecule has 5 heteroatoms. The molecule has 2 nitrogen and oxygen atoms in total. The molecule has 56 valence electrons. The van der Waals surface area contributed by atoms with Crippen LogP contribution < -0.4 is 10.3 Å². The Morgan fingerprint density at radius 3 is 2.91 bits per heavy atom. The first kappa shape index (κ1) is 8.33. The lowest BCUT2D eigenvalue weighted by molar-refractivity contribution is 0.410. The normalized spacial score (nSPS) is 9.73. The first-order valence-electron chi connectivity index (χ1n) is 2.80. The molecule has 0 bridgehead atoms. The van der Waals surface area contributed by atoms with Gasteiger partial charge in [0.15, 0.2) is 10.9 Å². The zero-order valence-electron chi connectivity index (χ0n) is 5.77. The Bertz CT molecular complexity index is 282. The summed E-state index contributed by atoms with van der Waals surface area (Å²) < 4.78 is 17.3. The van der Waals surface area contributed by atoms with Gasteiger partial charge in [0.25, 0.3) is 0 Å². The SMILES string of the molecule is [B]c1nc(Cl)c(OC)cc1F. The van der Waals surface area contributed by atoms with E-state index in [-0.39, 0.29) is 16.5 Å². The molecule has 0 atom stereocenters. The van der Waals surface area contributed by atoms with Gasteiger partial charge in [0.05, 0.1) is 7.11 Å². The van der Waals surface area contributed by atoms with Crippen molar-refractivity contribution in [3.8, 4) is 5.75 Å². The predicted molar refractivity (Wildman–Crippen MR) is 41.1 cm³/mol. The van der Waals surface area contributed by atoms with Crippen LogP contribution in [0.3, 0.4) is 0 Å². The fourth-order valence-electron chi connectivity index (χ4n) is 0.606. The fourth-order valence-corrected chi connectivity index (χ4v) is 0.829. The van der Waals surface area contributed by atoms with Gasteiger partial charge in [-0.05, 0) is 0 Å². The zero-order chi connectivity index (χ0) is 8.43. The Kier molecular flexibility index (Phi) is 2.34. The van der Waals surface area contributed by atoms with E-state index in [9.17, 15) is 4.39 Å². The minimum Gasteiger partial charge on any atom is -0.493 e. The van der Waals surface area contributed by atoms with Crippen molar-refractivity contribution in [3.05, 3.63) is 17.0 Å². The van der Waals surface area contributed by atoms with E-state index in [1.165, 1.54) is 7.11 Å². The lowest BCUT2D eigenvalue weighted by atomic mass is 10.0. The van der Waals surface area contributed by atoms with Crippen molar-refractivity contribution >= 4 is 25.0 Å². The van der Waals surface area contributed by atoms with Crippen LogP contribution in [-0.4, -0.2) is 19.9 Å². The third-order valence-corrected chi connectivity index (χ3v) is 1.42. The van der Waals surface area contributed by atoms with E-state index in [1.807, 2.05) is 0 Å². The van der Waals surface area contributed by atoms with Crippen LogP contribution in [0, 0.1) is 5.82 Å². The highest BCUT2D eigenvalue weighted by Crippen LogP contribution is 2.19. The molecule has 0 aliphatic carbocycles. The Balaban J connectivity index is 3.21. The van der Waals surface area contributed by atoms with Gasteiger partial charge in [-0.3, -0.25) is 0 Å². The van der Waals surface area contributed by atoms with Crippen molar-refractivity contribution in [2.24, 2.45) is 0 Å². The number of nitrogens with zero attached hydrogens (tertiary/aromatic N) is 1. The second-order valence-corrected chi connectivity index (χ2v) is 2.21. The summed E-state index contributed by atoms with van der Waals surface area (Å²) in [6.45, 7) is 0. The zero-order valence-corrected chi connectivity index (χ0v) is 6.52. The molecule has 0 unspecified atom stereocenters. The molecule has 0 amide bonds. The third kappa shape index (κ3) is 1.63. The predicted octanol–water partition coefficient (Wildman–Crippen LogP) is 0.676. The Labute approximate surface area is 69.8 Å². The minimum atomic E-state index is -0.633. The van der Waals surface area contributed by atoms with Gasteiger partial charge in [0.1, 0.15) is 13.7 Å². The van der Waals surface area contributed by atoms with Gasteiger partial charge in [-0.2, -0.15) is 0 Å². The topological polar surface area (TPSA) is 22.1 Å². The highest BCUT2D eigenvalue weighted by atomic mass is 35.5. The molecule has 1 rings (SSSR count). The van der Waals surface area contributed by atoms with E-state index < -0.39 is 5.82 Å².